The van der Waals surface area contributed by atoms with Crippen LogP contribution in [0, 0.1) is 5.82 Å². The molecule has 1 aromatic heterocycles. The minimum Gasteiger partial charge on any atom is -0.495 e. The van der Waals surface area contributed by atoms with Crippen LogP contribution in [0.2, 0.25) is 5.02 Å². The predicted octanol–water partition coefficient (Wildman–Crippen LogP) is 2.72. The first kappa shape index (κ1) is 10.8. The Hall–Kier alpha value is -1.75. The van der Waals surface area contributed by atoms with Gasteiger partial charge in [0.25, 0.3) is 0 Å². The summed E-state index contributed by atoms with van der Waals surface area (Å²) in [5.74, 6) is -0.238. The lowest BCUT2D eigenvalue weighted by Crippen LogP contribution is -1.91. The summed E-state index contributed by atoms with van der Waals surface area (Å²) in [6.07, 6.45) is 1.40. The minimum absolute atomic E-state index is 0.0683. The second-order valence-electron chi connectivity index (χ2n) is 3.08. The first-order valence-electron chi connectivity index (χ1n) is 4.37. The van der Waals surface area contributed by atoms with E-state index >= 15 is 0 Å². The van der Waals surface area contributed by atoms with Gasteiger partial charge in [0.2, 0.25) is 5.88 Å². The van der Waals surface area contributed by atoms with Crippen LogP contribution in [0.4, 0.5) is 10.3 Å². The summed E-state index contributed by atoms with van der Waals surface area (Å²) in [5, 5.41) is 3.44. The zero-order valence-corrected chi connectivity index (χ0v) is 9.08. The van der Waals surface area contributed by atoms with Gasteiger partial charge >= 0.3 is 0 Å². The van der Waals surface area contributed by atoms with Crippen LogP contribution in [0.25, 0.3) is 11.1 Å². The third-order valence-electron chi connectivity index (χ3n) is 2.12. The number of nitrogen functional groups attached to an aromatic ring is 1. The van der Waals surface area contributed by atoms with Crippen LogP contribution in [-0.2, 0) is 0 Å². The summed E-state index contributed by atoms with van der Waals surface area (Å²) in [6, 6.07) is 2.81. The quantitative estimate of drug-likeness (QED) is 0.880. The maximum absolute atomic E-state index is 13.4. The Balaban J connectivity index is 2.59. The van der Waals surface area contributed by atoms with E-state index in [-0.39, 0.29) is 16.7 Å². The number of nitrogens with two attached hydrogens (primary N) is 1. The van der Waals surface area contributed by atoms with Crippen LogP contribution < -0.4 is 10.5 Å². The average molecular weight is 243 g/mol. The fourth-order valence-corrected chi connectivity index (χ4v) is 1.52. The topological polar surface area (TPSA) is 61.3 Å². The van der Waals surface area contributed by atoms with Crippen LogP contribution in [0.5, 0.6) is 5.75 Å². The fourth-order valence-electron chi connectivity index (χ4n) is 1.33. The molecule has 0 aliphatic heterocycles. The van der Waals surface area contributed by atoms with Crippen molar-refractivity contribution in [1.29, 1.82) is 0 Å². The number of methoxy groups -OCH3 is 1. The minimum atomic E-state index is -0.586. The van der Waals surface area contributed by atoms with Crippen molar-refractivity contribution in [1.82, 2.24) is 5.16 Å². The molecule has 6 heteroatoms. The van der Waals surface area contributed by atoms with Crippen LogP contribution >= 0.6 is 11.6 Å². The van der Waals surface area contributed by atoms with Gasteiger partial charge < -0.3 is 15.0 Å². The largest absolute Gasteiger partial charge is 0.495 e. The van der Waals surface area contributed by atoms with Crippen molar-refractivity contribution in [2.45, 2.75) is 0 Å². The number of nitrogens with zero attached hydrogens (tertiary/aromatic N) is 1. The number of benzene rings is 1. The molecule has 0 fully saturated rings. The number of halogens is 2. The Morgan fingerprint density at radius 2 is 2.25 bits per heavy atom. The first-order valence-corrected chi connectivity index (χ1v) is 4.75. The van der Waals surface area contributed by atoms with E-state index in [1.807, 2.05) is 0 Å². The molecule has 0 atom stereocenters. The molecule has 0 radical (unpaired) electrons. The zero-order chi connectivity index (χ0) is 11.7. The molecule has 2 rings (SSSR count). The highest BCUT2D eigenvalue weighted by Gasteiger charge is 2.14. The first-order chi connectivity index (χ1) is 7.63. The standard InChI is InChI=1S/C10H8ClFN2O2/c1-15-8-3-5(2-7(12)9(8)11)6-4-14-16-10(6)13/h2-4H,13H2,1H3. The van der Waals surface area contributed by atoms with E-state index in [1.165, 1.54) is 19.4 Å². The monoisotopic (exact) mass is 242 g/mol. The van der Waals surface area contributed by atoms with Gasteiger partial charge in [-0.25, -0.2) is 4.39 Å². The molecule has 0 saturated carbocycles. The van der Waals surface area contributed by atoms with E-state index in [9.17, 15) is 4.39 Å². The molecule has 16 heavy (non-hydrogen) atoms. The third-order valence-corrected chi connectivity index (χ3v) is 2.49. The van der Waals surface area contributed by atoms with Gasteiger partial charge in [-0.2, -0.15) is 0 Å². The van der Waals surface area contributed by atoms with Crippen molar-refractivity contribution in [2.24, 2.45) is 0 Å². The molecule has 0 aliphatic rings. The van der Waals surface area contributed by atoms with E-state index in [1.54, 1.807) is 6.07 Å². The number of aromatic nitrogens is 1. The van der Waals surface area contributed by atoms with Crippen molar-refractivity contribution >= 4 is 17.5 Å². The Morgan fingerprint density at radius 1 is 1.50 bits per heavy atom. The molecule has 0 amide bonds. The predicted molar refractivity (Wildman–Crippen MR) is 57.9 cm³/mol. The Bertz CT molecular complexity index is 528. The molecule has 0 unspecified atom stereocenters. The van der Waals surface area contributed by atoms with Crippen molar-refractivity contribution in [3.8, 4) is 16.9 Å². The van der Waals surface area contributed by atoms with E-state index < -0.39 is 5.82 Å². The number of hydrogen-bond donors (Lipinski definition) is 1. The summed E-state index contributed by atoms with van der Waals surface area (Å²) in [6.45, 7) is 0. The van der Waals surface area contributed by atoms with Crippen LogP contribution in [0.3, 0.4) is 0 Å². The fraction of sp³-hybridized carbons (Fsp3) is 0.100. The lowest BCUT2D eigenvalue weighted by atomic mass is 10.1. The highest BCUT2D eigenvalue weighted by atomic mass is 35.5. The molecule has 0 spiro atoms. The summed E-state index contributed by atoms with van der Waals surface area (Å²) in [4.78, 5) is 0. The van der Waals surface area contributed by atoms with E-state index in [0.29, 0.717) is 11.1 Å². The van der Waals surface area contributed by atoms with Crippen molar-refractivity contribution < 1.29 is 13.7 Å². The van der Waals surface area contributed by atoms with E-state index in [2.05, 4.69) is 5.16 Å². The molecular weight excluding hydrogens is 235 g/mol. The summed E-state index contributed by atoms with van der Waals surface area (Å²) in [5.41, 5.74) is 6.52. The van der Waals surface area contributed by atoms with Gasteiger partial charge in [0.1, 0.15) is 16.6 Å². The maximum atomic E-state index is 13.4. The third kappa shape index (κ3) is 1.69. The SMILES string of the molecule is COc1cc(-c2cnoc2N)cc(F)c1Cl. The lowest BCUT2D eigenvalue weighted by Gasteiger charge is -2.06. The Labute approximate surface area is 95.7 Å². The van der Waals surface area contributed by atoms with Crippen LogP contribution in [0.15, 0.2) is 22.9 Å². The van der Waals surface area contributed by atoms with E-state index in [0.717, 1.165) is 0 Å². The molecule has 1 aromatic carbocycles. The van der Waals surface area contributed by atoms with Gasteiger partial charge in [-0.05, 0) is 17.7 Å². The summed E-state index contributed by atoms with van der Waals surface area (Å²) in [7, 11) is 1.40. The normalized spacial score (nSPS) is 10.4. The molecular formula is C10H8ClFN2O2. The highest BCUT2D eigenvalue weighted by Crippen LogP contribution is 2.34. The molecule has 4 nitrogen and oxygen atoms in total. The lowest BCUT2D eigenvalue weighted by molar-refractivity contribution is 0.412. The number of rotatable bonds is 2. The van der Waals surface area contributed by atoms with Gasteiger partial charge in [0.05, 0.1) is 18.9 Å². The number of ether oxygens (including phenoxy) is 1. The Morgan fingerprint density at radius 3 is 2.81 bits per heavy atom. The second kappa shape index (κ2) is 4.02. The average Bonchev–Trinajstić information content (AvgIpc) is 2.68. The molecule has 2 aromatic rings. The molecule has 84 valence electrons. The number of hydrogen-bond acceptors (Lipinski definition) is 4. The van der Waals surface area contributed by atoms with Crippen LogP contribution in [0.1, 0.15) is 0 Å². The molecule has 0 saturated heterocycles. The molecule has 1 heterocycles. The van der Waals surface area contributed by atoms with Crippen molar-refractivity contribution in [2.75, 3.05) is 12.8 Å². The smallest absolute Gasteiger partial charge is 0.229 e. The van der Waals surface area contributed by atoms with Crippen LogP contribution in [-0.4, -0.2) is 12.3 Å². The summed E-state index contributed by atoms with van der Waals surface area (Å²) < 4.78 is 23.1. The van der Waals surface area contributed by atoms with Gasteiger partial charge in [-0.3, -0.25) is 0 Å². The van der Waals surface area contributed by atoms with Gasteiger partial charge in [-0.1, -0.05) is 16.8 Å². The van der Waals surface area contributed by atoms with E-state index in [4.69, 9.17) is 26.6 Å². The molecule has 2 N–H and O–H groups in total. The second-order valence-corrected chi connectivity index (χ2v) is 3.46. The highest BCUT2D eigenvalue weighted by molar-refractivity contribution is 6.32. The van der Waals surface area contributed by atoms with Gasteiger partial charge in [-0.15, -0.1) is 0 Å². The zero-order valence-electron chi connectivity index (χ0n) is 8.33. The van der Waals surface area contributed by atoms with Gasteiger partial charge in [0.15, 0.2) is 0 Å². The number of anilines is 1. The van der Waals surface area contributed by atoms with Crippen molar-refractivity contribution in [3.05, 3.63) is 29.2 Å². The Kier molecular flexibility index (Phi) is 2.70. The van der Waals surface area contributed by atoms with Crippen molar-refractivity contribution in [3.63, 3.8) is 0 Å². The molecule has 0 aliphatic carbocycles. The maximum Gasteiger partial charge on any atom is 0.229 e. The van der Waals surface area contributed by atoms with Gasteiger partial charge in [0, 0.05) is 0 Å². The summed E-state index contributed by atoms with van der Waals surface area (Å²) >= 11 is 5.70. The molecule has 0 bridgehead atoms.